The molecule has 8 heteroatoms. The van der Waals surface area contributed by atoms with E-state index in [0.717, 1.165) is 11.3 Å². The van der Waals surface area contributed by atoms with Crippen LogP contribution in [0.2, 0.25) is 5.02 Å². The van der Waals surface area contributed by atoms with Gasteiger partial charge >= 0.3 is 0 Å². The number of hydrogen-bond donors (Lipinski definition) is 2. The lowest BCUT2D eigenvalue weighted by Crippen LogP contribution is -2.38. The summed E-state index contributed by atoms with van der Waals surface area (Å²) in [6, 6.07) is 17.4. The number of carbonyl (C=O) groups excluding carboxylic acids is 2. The van der Waals surface area contributed by atoms with E-state index in [-0.39, 0.29) is 17.9 Å². The van der Waals surface area contributed by atoms with Gasteiger partial charge in [0.1, 0.15) is 17.8 Å². The minimum Gasteiger partial charge on any atom is -0.467 e. The Balaban J connectivity index is 1.56. The van der Waals surface area contributed by atoms with Crippen LogP contribution in [0.3, 0.4) is 0 Å². The smallest absolute Gasteiger partial charge is 0.265 e. The number of hydrazone groups is 1. The van der Waals surface area contributed by atoms with E-state index in [4.69, 9.17) is 16.0 Å². The molecule has 2 N–H and O–H groups in total. The molecule has 7 nitrogen and oxygen atoms in total. The van der Waals surface area contributed by atoms with Gasteiger partial charge in [-0.2, -0.15) is 5.10 Å². The summed E-state index contributed by atoms with van der Waals surface area (Å²) in [6.45, 7) is 3.23. The molecule has 0 unspecified atom stereocenters. The molecule has 3 aromatic rings. The first kappa shape index (κ1) is 21.6. The summed E-state index contributed by atoms with van der Waals surface area (Å²) < 4.78 is 5.60. The van der Waals surface area contributed by atoms with E-state index < -0.39 is 6.04 Å². The normalized spacial score (nSPS) is 16.4. The van der Waals surface area contributed by atoms with Crippen LogP contribution in [0.15, 0.2) is 76.4 Å². The maximum atomic E-state index is 13.4. The Morgan fingerprint density at radius 1 is 1.12 bits per heavy atom. The van der Waals surface area contributed by atoms with Gasteiger partial charge in [0, 0.05) is 29.7 Å². The van der Waals surface area contributed by atoms with Gasteiger partial charge in [-0.3, -0.25) is 9.59 Å². The number of hydrogen-bond acceptors (Lipinski definition) is 5. The molecular weight excluding hydrogens is 428 g/mol. The number of carbonyl (C=O) groups is 2. The SMILES string of the molecule is CC(=O)Nc1cccc(N[C@@H](C)C(=O)N2N=C(c3ccc(Cl)cc3)C[C@H]2c2ccco2)c1. The third kappa shape index (κ3) is 4.84. The Bertz CT molecular complexity index is 1140. The predicted molar refractivity (Wildman–Crippen MR) is 125 cm³/mol. The molecular formula is C24H23ClN4O3. The minimum absolute atomic E-state index is 0.159. The Morgan fingerprint density at radius 3 is 2.56 bits per heavy atom. The fourth-order valence-electron chi connectivity index (χ4n) is 3.63. The highest BCUT2D eigenvalue weighted by Gasteiger charge is 2.36. The summed E-state index contributed by atoms with van der Waals surface area (Å²) in [5.41, 5.74) is 3.06. The van der Waals surface area contributed by atoms with E-state index >= 15 is 0 Å². The molecule has 32 heavy (non-hydrogen) atoms. The molecule has 2 atom stereocenters. The lowest BCUT2D eigenvalue weighted by molar-refractivity contribution is -0.133. The van der Waals surface area contributed by atoms with Crippen molar-refractivity contribution < 1.29 is 14.0 Å². The number of amides is 2. The van der Waals surface area contributed by atoms with E-state index in [1.165, 1.54) is 11.9 Å². The van der Waals surface area contributed by atoms with E-state index in [1.807, 2.05) is 30.3 Å². The molecule has 1 aromatic heterocycles. The molecule has 0 aliphatic carbocycles. The van der Waals surface area contributed by atoms with E-state index in [9.17, 15) is 9.59 Å². The first-order valence-electron chi connectivity index (χ1n) is 10.2. The molecule has 1 aliphatic rings. The van der Waals surface area contributed by atoms with Crippen molar-refractivity contribution in [1.29, 1.82) is 0 Å². The van der Waals surface area contributed by atoms with Crippen LogP contribution in [-0.2, 0) is 9.59 Å². The van der Waals surface area contributed by atoms with Gasteiger partial charge in [-0.25, -0.2) is 5.01 Å². The molecule has 2 amide bonds. The molecule has 0 fully saturated rings. The fourth-order valence-corrected chi connectivity index (χ4v) is 3.76. The fraction of sp³-hybridized carbons (Fsp3) is 0.208. The number of anilines is 2. The number of furan rings is 1. The number of nitrogens with zero attached hydrogens (tertiary/aromatic N) is 2. The van der Waals surface area contributed by atoms with Gasteiger partial charge in [0.15, 0.2) is 0 Å². The van der Waals surface area contributed by atoms with Crippen LogP contribution in [0, 0.1) is 0 Å². The van der Waals surface area contributed by atoms with Crippen molar-refractivity contribution in [1.82, 2.24) is 5.01 Å². The molecule has 2 heterocycles. The minimum atomic E-state index is -0.562. The van der Waals surface area contributed by atoms with Gasteiger partial charge in [0.05, 0.1) is 12.0 Å². The standard InChI is InChI=1S/C24H23ClN4O3/c1-15(26-19-5-3-6-20(13-19)27-16(2)30)24(31)29-22(23-7-4-12-32-23)14-21(28-29)17-8-10-18(25)11-9-17/h3-13,15,22,26H,14H2,1-2H3,(H,27,30)/t15-,22-/m0/s1. The lowest BCUT2D eigenvalue weighted by Gasteiger charge is -2.24. The van der Waals surface area contributed by atoms with Gasteiger partial charge in [-0.05, 0) is 55.0 Å². The lowest BCUT2D eigenvalue weighted by atomic mass is 10.0. The van der Waals surface area contributed by atoms with Gasteiger partial charge in [-0.15, -0.1) is 0 Å². The topological polar surface area (TPSA) is 86.9 Å². The summed E-state index contributed by atoms with van der Waals surface area (Å²) in [5, 5.41) is 12.7. The van der Waals surface area contributed by atoms with Gasteiger partial charge in [0.2, 0.25) is 5.91 Å². The van der Waals surface area contributed by atoms with Crippen molar-refractivity contribution in [3.8, 4) is 0 Å². The zero-order valence-corrected chi connectivity index (χ0v) is 18.5. The predicted octanol–water partition coefficient (Wildman–Crippen LogP) is 5.07. The molecule has 0 spiro atoms. The summed E-state index contributed by atoms with van der Waals surface area (Å²) in [4.78, 5) is 24.7. The molecule has 4 rings (SSSR count). The number of rotatable bonds is 6. The van der Waals surface area contributed by atoms with Crippen LogP contribution < -0.4 is 10.6 Å². The maximum absolute atomic E-state index is 13.4. The Morgan fingerprint density at radius 2 is 1.88 bits per heavy atom. The van der Waals surface area contributed by atoms with Crippen LogP contribution in [0.1, 0.15) is 37.6 Å². The summed E-state index contributed by atoms with van der Waals surface area (Å²) >= 11 is 6.01. The van der Waals surface area contributed by atoms with E-state index in [2.05, 4.69) is 15.7 Å². The molecule has 0 saturated carbocycles. The number of benzene rings is 2. The Labute approximate surface area is 191 Å². The molecule has 164 valence electrons. The second-order valence-corrected chi connectivity index (χ2v) is 8.04. The van der Waals surface area contributed by atoms with Gasteiger partial charge in [-0.1, -0.05) is 29.8 Å². The van der Waals surface area contributed by atoms with Crippen molar-refractivity contribution in [2.24, 2.45) is 5.10 Å². The second-order valence-electron chi connectivity index (χ2n) is 7.60. The van der Waals surface area contributed by atoms with E-state index in [1.54, 1.807) is 43.5 Å². The average Bonchev–Trinajstić information content (AvgIpc) is 3.43. The van der Waals surface area contributed by atoms with Crippen LogP contribution in [0.25, 0.3) is 0 Å². The molecule has 2 aromatic carbocycles. The monoisotopic (exact) mass is 450 g/mol. The van der Waals surface area contributed by atoms with Crippen LogP contribution in [0.5, 0.6) is 0 Å². The zero-order valence-electron chi connectivity index (χ0n) is 17.7. The van der Waals surface area contributed by atoms with Gasteiger partial charge < -0.3 is 15.1 Å². The second kappa shape index (κ2) is 9.28. The molecule has 1 aliphatic heterocycles. The van der Waals surface area contributed by atoms with Crippen molar-refractivity contribution in [3.63, 3.8) is 0 Å². The molecule has 0 radical (unpaired) electrons. The first-order valence-corrected chi connectivity index (χ1v) is 10.6. The number of halogens is 1. The molecule has 0 bridgehead atoms. The van der Waals surface area contributed by atoms with Crippen molar-refractivity contribution in [3.05, 3.63) is 83.3 Å². The zero-order chi connectivity index (χ0) is 22.7. The Kier molecular flexibility index (Phi) is 6.28. The average molecular weight is 451 g/mol. The van der Waals surface area contributed by atoms with Gasteiger partial charge in [0.25, 0.3) is 5.91 Å². The summed E-state index contributed by atoms with van der Waals surface area (Å²) in [6.07, 6.45) is 2.12. The third-order valence-corrected chi connectivity index (χ3v) is 5.37. The third-order valence-electron chi connectivity index (χ3n) is 5.12. The van der Waals surface area contributed by atoms with E-state index in [0.29, 0.717) is 28.6 Å². The highest BCUT2D eigenvalue weighted by molar-refractivity contribution is 6.30. The van der Waals surface area contributed by atoms with Crippen LogP contribution >= 0.6 is 11.6 Å². The highest BCUT2D eigenvalue weighted by atomic mass is 35.5. The first-order chi connectivity index (χ1) is 15.4. The van der Waals surface area contributed by atoms with Crippen molar-refractivity contribution in [2.45, 2.75) is 32.4 Å². The highest BCUT2D eigenvalue weighted by Crippen LogP contribution is 2.34. The maximum Gasteiger partial charge on any atom is 0.265 e. The Hall–Kier alpha value is -3.58. The molecule has 0 saturated heterocycles. The largest absolute Gasteiger partial charge is 0.467 e. The summed E-state index contributed by atoms with van der Waals surface area (Å²) in [7, 11) is 0. The van der Waals surface area contributed by atoms with Crippen LogP contribution in [-0.4, -0.2) is 28.6 Å². The van der Waals surface area contributed by atoms with Crippen molar-refractivity contribution >= 4 is 40.5 Å². The van der Waals surface area contributed by atoms with Crippen molar-refractivity contribution in [2.75, 3.05) is 10.6 Å². The summed E-state index contributed by atoms with van der Waals surface area (Å²) in [5.74, 6) is 0.319. The number of nitrogens with one attached hydrogen (secondary N) is 2. The van der Waals surface area contributed by atoms with Crippen LogP contribution in [0.4, 0.5) is 11.4 Å². The quantitative estimate of drug-likeness (QED) is 0.549.